The molecule has 2 aliphatic carbocycles. The minimum absolute atomic E-state index is 0.676. The third-order valence-electron chi connectivity index (χ3n) is 3.16. The molecule has 14 heavy (non-hydrogen) atoms. The monoisotopic (exact) mass is 206 g/mol. The fraction of sp³-hybridized carbons (Fsp3) is 0.636. The predicted molar refractivity (Wildman–Crippen MR) is 58.1 cm³/mol. The number of hydrogen-bond acceptors (Lipinski definition) is 2. The molecule has 2 nitrogen and oxygen atoms in total. The fourth-order valence-corrected chi connectivity index (χ4v) is 2.11. The van der Waals surface area contributed by atoms with Gasteiger partial charge in [0.25, 0.3) is 0 Å². The Morgan fingerprint density at radius 2 is 1.86 bits per heavy atom. The maximum absolute atomic E-state index is 5.29. The van der Waals surface area contributed by atoms with Gasteiger partial charge in [-0.2, -0.15) is 0 Å². The zero-order chi connectivity index (χ0) is 9.71. The van der Waals surface area contributed by atoms with E-state index in [4.69, 9.17) is 12.2 Å². The summed E-state index contributed by atoms with van der Waals surface area (Å²) in [5.74, 6) is 2.56. The van der Waals surface area contributed by atoms with Crippen molar-refractivity contribution in [1.29, 1.82) is 0 Å². The van der Waals surface area contributed by atoms with Crippen molar-refractivity contribution in [3.63, 3.8) is 0 Å². The molecule has 0 bridgehead atoms. The van der Waals surface area contributed by atoms with Crippen LogP contribution in [0.25, 0.3) is 0 Å². The molecule has 1 aromatic heterocycles. The first-order chi connectivity index (χ1) is 6.75. The SMILES string of the molecule is Cc1c(C2CC2)[nH]c(C2CC2)nc1=S. The average Bonchev–Trinajstić information content (AvgIpc) is 3.04. The summed E-state index contributed by atoms with van der Waals surface area (Å²) in [5.41, 5.74) is 2.57. The van der Waals surface area contributed by atoms with Gasteiger partial charge in [-0.1, -0.05) is 12.2 Å². The molecule has 2 fully saturated rings. The van der Waals surface area contributed by atoms with E-state index in [1.165, 1.54) is 36.9 Å². The Morgan fingerprint density at radius 3 is 2.43 bits per heavy atom. The summed E-state index contributed by atoms with van der Waals surface area (Å²) in [6.07, 6.45) is 5.21. The topological polar surface area (TPSA) is 28.7 Å². The van der Waals surface area contributed by atoms with Crippen LogP contribution in [0, 0.1) is 11.6 Å². The molecule has 0 spiro atoms. The molecule has 1 heterocycles. The van der Waals surface area contributed by atoms with Crippen LogP contribution in [0.3, 0.4) is 0 Å². The second-order valence-electron chi connectivity index (χ2n) is 4.51. The quantitative estimate of drug-likeness (QED) is 0.753. The average molecular weight is 206 g/mol. The Balaban J connectivity index is 2.11. The minimum Gasteiger partial charge on any atom is -0.346 e. The lowest BCUT2D eigenvalue weighted by Gasteiger charge is -2.07. The fourth-order valence-electron chi connectivity index (χ4n) is 1.90. The van der Waals surface area contributed by atoms with Gasteiger partial charge in [0.15, 0.2) is 0 Å². The smallest absolute Gasteiger partial charge is 0.132 e. The lowest BCUT2D eigenvalue weighted by molar-refractivity contribution is 0.852. The molecular weight excluding hydrogens is 192 g/mol. The highest BCUT2D eigenvalue weighted by Crippen LogP contribution is 2.43. The number of aromatic amines is 1. The number of nitrogens with zero attached hydrogens (tertiary/aromatic N) is 1. The summed E-state index contributed by atoms with van der Waals surface area (Å²) in [6, 6.07) is 0. The Bertz CT molecular complexity index is 427. The molecule has 1 N–H and O–H groups in total. The largest absolute Gasteiger partial charge is 0.346 e. The highest BCUT2D eigenvalue weighted by molar-refractivity contribution is 7.71. The summed E-state index contributed by atoms with van der Waals surface area (Å²) >= 11 is 5.29. The van der Waals surface area contributed by atoms with E-state index in [0.717, 1.165) is 16.4 Å². The second kappa shape index (κ2) is 2.89. The van der Waals surface area contributed by atoms with Crippen LogP contribution in [-0.4, -0.2) is 9.97 Å². The van der Waals surface area contributed by atoms with Gasteiger partial charge in [0.05, 0.1) is 0 Å². The maximum Gasteiger partial charge on any atom is 0.132 e. The van der Waals surface area contributed by atoms with Gasteiger partial charge in [0.2, 0.25) is 0 Å². The van der Waals surface area contributed by atoms with Crippen molar-refractivity contribution in [3.8, 4) is 0 Å². The molecule has 2 saturated carbocycles. The van der Waals surface area contributed by atoms with Crippen molar-refractivity contribution in [2.24, 2.45) is 0 Å². The van der Waals surface area contributed by atoms with E-state index in [2.05, 4.69) is 16.9 Å². The molecule has 0 aromatic carbocycles. The van der Waals surface area contributed by atoms with Crippen molar-refractivity contribution in [2.45, 2.75) is 44.4 Å². The van der Waals surface area contributed by atoms with E-state index < -0.39 is 0 Å². The summed E-state index contributed by atoms with van der Waals surface area (Å²) in [5, 5.41) is 0. The molecule has 0 saturated heterocycles. The van der Waals surface area contributed by atoms with E-state index in [9.17, 15) is 0 Å². The van der Waals surface area contributed by atoms with Crippen LogP contribution in [0.15, 0.2) is 0 Å². The molecule has 0 aliphatic heterocycles. The molecular formula is C11H14N2S. The lowest BCUT2D eigenvalue weighted by Crippen LogP contribution is -2.01. The predicted octanol–water partition coefficient (Wildman–Crippen LogP) is 3.20. The first-order valence-electron chi connectivity index (χ1n) is 5.36. The zero-order valence-electron chi connectivity index (χ0n) is 8.34. The highest BCUT2D eigenvalue weighted by atomic mass is 32.1. The third-order valence-corrected chi connectivity index (χ3v) is 3.56. The van der Waals surface area contributed by atoms with Gasteiger partial charge in [-0.15, -0.1) is 0 Å². The van der Waals surface area contributed by atoms with Gasteiger partial charge in [-0.3, -0.25) is 0 Å². The summed E-state index contributed by atoms with van der Waals surface area (Å²) in [7, 11) is 0. The first-order valence-corrected chi connectivity index (χ1v) is 5.77. The van der Waals surface area contributed by atoms with E-state index in [1.807, 2.05) is 0 Å². The third kappa shape index (κ3) is 1.40. The van der Waals surface area contributed by atoms with E-state index in [0.29, 0.717) is 5.92 Å². The Labute approximate surface area is 88.8 Å². The van der Waals surface area contributed by atoms with Crippen LogP contribution >= 0.6 is 12.2 Å². The molecule has 1 aromatic rings. The molecule has 0 atom stereocenters. The molecule has 74 valence electrons. The van der Waals surface area contributed by atoms with Crippen LogP contribution in [0.1, 0.15) is 54.6 Å². The Kier molecular flexibility index (Phi) is 1.78. The van der Waals surface area contributed by atoms with Crippen LogP contribution < -0.4 is 0 Å². The van der Waals surface area contributed by atoms with Crippen LogP contribution in [0.2, 0.25) is 0 Å². The standard InChI is InChI=1S/C11H14N2S/c1-6-9(7-2-3-7)12-10(8-4-5-8)13-11(6)14/h7-8H,2-5H2,1H3,(H,12,13,14). The minimum atomic E-state index is 0.676. The van der Waals surface area contributed by atoms with Crippen molar-refractivity contribution in [2.75, 3.05) is 0 Å². The molecule has 0 amide bonds. The summed E-state index contributed by atoms with van der Waals surface area (Å²) < 4.78 is 0.813. The van der Waals surface area contributed by atoms with Crippen molar-refractivity contribution < 1.29 is 0 Å². The van der Waals surface area contributed by atoms with Crippen LogP contribution in [0.5, 0.6) is 0 Å². The second-order valence-corrected chi connectivity index (χ2v) is 4.90. The molecule has 0 radical (unpaired) electrons. The summed E-state index contributed by atoms with van der Waals surface area (Å²) in [4.78, 5) is 7.96. The lowest BCUT2D eigenvalue weighted by atomic mass is 10.2. The van der Waals surface area contributed by atoms with Gasteiger partial charge < -0.3 is 4.98 Å². The normalized spacial score (nSPS) is 21.2. The summed E-state index contributed by atoms with van der Waals surface area (Å²) in [6.45, 7) is 2.09. The van der Waals surface area contributed by atoms with Crippen molar-refractivity contribution in [1.82, 2.24) is 9.97 Å². The van der Waals surface area contributed by atoms with Crippen LogP contribution in [0.4, 0.5) is 0 Å². The number of nitrogens with one attached hydrogen (secondary N) is 1. The van der Waals surface area contributed by atoms with Gasteiger partial charge >= 0.3 is 0 Å². The molecule has 3 heteroatoms. The van der Waals surface area contributed by atoms with Crippen LogP contribution in [-0.2, 0) is 0 Å². The van der Waals surface area contributed by atoms with E-state index in [1.54, 1.807) is 0 Å². The molecule has 3 rings (SSSR count). The van der Waals surface area contributed by atoms with Gasteiger partial charge in [-0.25, -0.2) is 4.98 Å². The Morgan fingerprint density at radius 1 is 1.21 bits per heavy atom. The van der Waals surface area contributed by atoms with Crippen molar-refractivity contribution in [3.05, 3.63) is 21.7 Å². The van der Waals surface area contributed by atoms with Crippen molar-refractivity contribution >= 4 is 12.2 Å². The number of H-pyrrole nitrogens is 1. The van der Waals surface area contributed by atoms with Gasteiger partial charge in [-0.05, 0) is 38.5 Å². The van der Waals surface area contributed by atoms with E-state index >= 15 is 0 Å². The first kappa shape index (κ1) is 8.60. The van der Waals surface area contributed by atoms with Gasteiger partial charge in [0, 0.05) is 17.2 Å². The number of rotatable bonds is 2. The Hall–Kier alpha value is -0.700. The van der Waals surface area contributed by atoms with E-state index in [-0.39, 0.29) is 0 Å². The zero-order valence-corrected chi connectivity index (χ0v) is 9.16. The number of aromatic nitrogens is 2. The molecule has 2 aliphatic rings. The highest BCUT2D eigenvalue weighted by Gasteiger charge is 2.30. The molecule has 0 unspecified atom stereocenters. The van der Waals surface area contributed by atoms with Gasteiger partial charge in [0.1, 0.15) is 10.5 Å². The maximum atomic E-state index is 5.29. The number of hydrogen-bond donors (Lipinski definition) is 1.